The molecule has 26 heavy (non-hydrogen) atoms. The van der Waals surface area contributed by atoms with Gasteiger partial charge in [0.2, 0.25) is 0 Å². The van der Waals surface area contributed by atoms with Crippen molar-refractivity contribution >= 4 is 0 Å². The van der Waals surface area contributed by atoms with E-state index >= 15 is 0 Å². The summed E-state index contributed by atoms with van der Waals surface area (Å²) in [5.74, 6) is 1.26. The van der Waals surface area contributed by atoms with Crippen LogP contribution in [0.2, 0.25) is 0 Å². The van der Waals surface area contributed by atoms with Crippen LogP contribution in [0, 0.1) is 39.9 Å². The third-order valence-corrected chi connectivity index (χ3v) is 10.6. The van der Waals surface area contributed by atoms with Crippen molar-refractivity contribution in [1.82, 2.24) is 4.90 Å². The Morgan fingerprint density at radius 1 is 1.19 bits per heavy atom. The van der Waals surface area contributed by atoms with Gasteiger partial charge in [0, 0.05) is 29.3 Å². The summed E-state index contributed by atoms with van der Waals surface area (Å²) in [7, 11) is 0. The SMILES string of the molecule is C=C1[C@@H](O)C23C[C@@H]1[C@@H](O)CC2C12C4CC3[C@H]1N(CC)C[C@]4(C)CC[C@@H]2O. The molecule has 1 saturated heterocycles. The van der Waals surface area contributed by atoms with Gasteiger partial charge in [-0.1, -0.05) is 20.4 Å². The zero-order valence-electron chi connectivity index (χ0n) is 16.1. The van der Waals surface area contributed by atoms with E-state index in [4.69, 9.17) is 0 Å². The van der Waals surface area contributed by atoms with Crippen molar-refractivity contribution in [2.45, 2.75) is 70.3 Å². The lowest BCUT2D eigenvalue weighted by molar-refractivity contribution is -0.218. The normalized spacial score (nSPS) is 65.5. The van der Waals surface area contributed by atoms with E-state index in [1.54, 1.807) is 0 Å². The van der Waals surface area contributed by atoms with E-state index in [0.29, 0.717) is 17.9 Å². The zero-order chi connectivity index (χ0) is 18.2. The van der Waals surface area contributed by atoms with Gasteiger partial charge in [-0.15, -0.1) is 0 Å². The maximum Gasteiger partial charge on any atom is 0.0813 e. The maximum absolute atomic E-state index is 11.5. The standard InChI is InChI=1S/C22H33NO3/c1-4-23-10-20(3)6-5-17(25)22-15(20)7-13(18(22)23)21-9-12(11(2)19(21)26)14(24)8-16(21)22/h12-19,24-26H,2,4-10H2,1,3H3/t12-,13?,14-,15?,16?,17-,18+,19+,20-,21?,22?/m0/s1. The minimum Gasteiger partial charge on any atom is -0.392 e. The van der Waals surface area contributed by atoms with Gasteiger partial charge in [0.25, 0.3) is 0 Å². The smallest absolute Gasteiger partial charge is 0.0813 e. The number of aliphatic hydroxyl groups excluding tert-OH is 3. The van der Waals surface area contributed by atoms with E-state index in [1.165, 1.54) is 0 Å². The van der Waals surface area contributed by atoms with Crippen LogP contribution in [0.25, 0.3) is 0 Å². The molecule has 0 amide bonds. The first-order chi connectivity index (χ1) is 12.3. The molecule has 1 heterocycles. The molecule has 7 bridgehead atoms. The highest BCUT2D eigenvalue weighted by atomic mass is 16.3. The van der Waals surface area contributed by atoms with Gasteiger partial charge in [-0.05, 0) is 67.4 Å². The molecule has 4 heteroatoms. The first-order valence-corrected chi connectivity index (χ1v) is 10.8. The number of piperidine rings is 1. The van der Waals surface area contributed by atoms with Gasteiger partial charge in [-0.25, -0.2) is 0 Å². The summed E-state index contributed by atoms with van der Waals surface area (Å²) in [6, 6.07) is 0.373. The minimum absolute atomic E-state index is 0.0547. The van der Waals surface area contributed by atoms with Crippen LogP contribution >= 0.6 is 0 Å². The number of hydrogen-bond acceptors (Lipinski definition) is 4. The molecule has 4 nitrogen and oxygen atoms in total. The molecule has 3 N–H and O–H groups in total. The van der Waals surface area contributed by atoms with Crippen molar-refractivity contribution < 1.29 is 15.3 Å². The molecule has 0 aromatic carbocycles. The average Bonchev–Trinajstić information content (AvgIpc) is 3.14. The van der Waals surface area contributed by atoms with Gasteiger partial charge < -0.3 is 15.3 Å². The lowest BCUT2D eigenvalue weighted by Crippen LogP contribution is -2.68. The molecule has 5 aliphatic carbocycles. The summed E-state index contributed by atoms with van der Waals surface area (Å²) in [5.41, 5.74) is 0.849. The first kappa shape index (κ1) is 16.5. The Kier molecular flexibility index (Phi) is 2.92. The van der Waals surface area contributed by atoms with Crippen molar-refractivity contribution in [3.05, 3.63) is 12.2 Å². The monoisotopic (exact) mass is 359 g/mol. The molecule has 5 unspecified atom stereocenters. The summed E-state index contributed by atoms with van der Waals surface area (Å²) >= 11 is 0. The molecule has 6 fully saturated rings. The second-order valence-electron chi connectivity index (χ2n) is 10.9. The molecule has 0 aromatic rings. The molecule has 6 rings (SSSR count). The fourth-order valence-electron chi connectivity index (χ4n) is 9.97. The van der Waals surface area contributed by atoms with Crippen LogP contribution in [-0.2, 0) is 0 Å². The van der Waals surface area contributed by atoms with E-state index in [9.17, 15) is 15.3 Å². The second-order valence-corrected chi connectivity index (χ2v) is 10.9. The lowest BCUT2D eigenvalue weighted by Gasteiger charge is -2.65. The molecular formula is C22H33NO3. The summed E-state index contributed by atoms with van der Waals surface area (Å²) in [6.45, 7) is 11.1. The van der Waals surface area contributed by atoms with E-state index in [-0.39, 0.29) is 34.2 Å². The fourth-order valence-corrected chi connectivity index (χ4v) is 9.97. The fraction of sp³-hybridized carbons (Fsp3) is 0.909. The van der Waals surface area contributed by atoms with Crippen LogP contribution in [0.3, 0.4) is 0 Å². The largest absolute Gasteiger partial charge is 0.392 e. The van der Waals surface area contributed by atoms with E-state index in [0.717, 1.165) is 50.8 Å². The molecule has 6 aliphatic rings. The van der Waals surface area contributed by atoms with Crippen LogP contribution in [0.4, 0.5) is 0 Å². The third kappa shape index (κ3) is 1.37. The summed E-state index contributed by atoms with van der Waals surface area (Å²) < 4.78 is 0. The number of likely N-dealkylation sites (tertiary alicyclic amines) is 1. The Labute approximate surface area is 156 Å². The molecule has 0 radical (unpaired) electrons. The number of fused-ring (bicyclic) bond motifs is 1. The third-order valence-electron chi connectivity index (χ3n) is 10.6. The van der Waals surface area contributed by atoms with Gasteiger partial charge in [0.1, 0.15) is 0 Å². The molecule has 144 valence electrons. The molecule has 5 saturated carbocycles. The van der Waals surface area contributed by atoms with Crippen LogP contribution < -0.4 is 0 Å². The number of nitrogens with zero attached hydrogens (tertiary/aromatic N) is 1. The van der Waals surface area contributed by atoms with Crippen LogP contribution in [0.15, 0.2) is 12.2 Å². The van der Waals surface area contributed by atoms with Gasteiger partial charge in [-0.2, -0.15) is 0 Å². The molecule has 2 spiro atoms. The van der Waals surface area contributed by atoms with E-state index in [1.807, 2.05) is 0 Å². The molecule has 0 aromatic heterocycles. The van der Waals surface area contributed by atoms with Gasteiger partial charge in [-0.3, -0.25) is 4.90 Å². The maximum atomic E-state index is 11.5. The Balaban J connectivity index is 1.61. The van der Waals surface area contributed by atoms with Crippen LogP contribution in [-0.4, -0.2) is 57.7 Å². The molecular weight excluding hydrogens is 326 g/mol. The number of hydrogen-bond donors (Lipinski definition) is 3. The topological polar surface area (TPSA) is 63.9 Å². The Morgan fingerprint density at radius 2 is 1.96 bits per heavy atom. The van der Waals surface area contributed by atoms with Crippen molar-refractivity contribution in [2.24, 2.45) is 39.9 Å². The predicted molar refractivity (Wildman–Crippen MR) is 98.2 cm³/mol. The summed E-state index contributed by atoms with van der Waals surface area (Å²) in [4.78, 5) is 2.65. The van der Waals surface area contributed by atoms with Crippen LogP contribution in [0.5, 0.6) is 0 Å². The Bertz CT molecular complexity index is 695. The Hall–Kier alpha value is -0.420. The predicted octanol–water partition coefficient (Wildman–Crippen LogP) is 1.79. The highest BCUT2D eigenvalue weighted by Crippen LogP contribution is 2.83. The lowest BCUT2D eigenvalue weighted by atomic mass is 9.43. The number of rotatable bonds is 1. The van der Waals surface area contributed by atoms with Gasteiger partial charge in [0.15, 0.2) is 0 Å². The average molecular weight is 360 g/mol. The van der Waals surface area contributed by atoms with Crippen molar-refractivity contribution in [1.29, 1.82) is 0 Å². The second kappa shape index (κ2) is 4.59. The van der Waals surface area contributed by atoms with Crippen LogP contribution in [0.1, 0.15) is 46.0 Å². The van der Waals surface area contributed by atoms with Crippen molar-refractivity contribution in [3.8, 4) is 0 Å². The van der Waals surface area contributed by atoms with Gasteiger partial charge >= 0.3 is 0 Å². The number of aliphatic hydroxyl groups is 3. The zero-order valence-corrected chi connectivity index (χ0v) is 16.1. The first-order valence-electron chi connectivity index (χ1n) is 10.8. The van der Waals surface area contributed by atoms with E-state index < -0.39 is 12.2 Å². The molecule has 11 atom stereocenters. The molecule has 1 aliphatic heterocycles. The van der Waals surface area contributed by atoms with Crippen molar-refractivity contribution in [2.75, 3.05) is 13.1 Å². The van der Waals surface area contributed by atoms with Gasteiger partial charge in [0.05, 0.1) is 18.3 Å². The highest BCUT2D eigenvalue weighted by Gasteiger charge is 2.85. The summed E-state index contributed by atoms with van der Waals surface area (Å²) in [5, 5.41) is 33.8. The van der Waals surface area contributed by atoms with E-state index in [2.05, 4.69) is 25.3 Å². The van der Waals surface area contributed by atoms with Crippen molar-refractivity contribution in [3.63, 3.8) is 0 Å². The highest BCUT2D eigenvalue weighted by molar-refractivity contribution is 5.39. The summed E-state index contributed by atoms with van der Waals surface area (Å²) in [6.07, 6.45) is 3.58. The minimum atomic E-state index is -0.500. The quantitative estimate of drug-likeness (QED) is 0.625. The Morgan fingerprint density at radius 3 is 2.69 bits per heavy atom.